The van der Waals surface area contributed by atoms with Gasteiger partial charge < -0.3 is 15.7 Å². The first-order valence-corrected chi connectivity index (χ1v) is 7.01. The lowest BCUT2D eigenvalue weighted by Crippen LogP contribution is -2.60. The molecule has 1 saturated heterocycles. The lowest BCUT2D eigenvalue weighted by atomic mass is 9.95. The highest BCUT2D eigenvalue weighted by atomic mass is 16.3. The molecule has 0 aromatic carbocycles. The molecule has 5 heteroatoms. The van der Waals surface area contributed by atoms with Gasteiger partial charge in [0.1, 0.15) is 6.04 Å². The first-order chi connectivity index (χ1) is 8.56. The Morgan fingerprint density at radius 3 is 2.67 bits per heavy atom. The van der Waals surface area contributed by atoms with Gasteiger partial charge in [0.25, 0.3) is 0 Å². The van der Waals surface area contributed by atoms with Gasteiger partial charge in [-0.15, -0.1) is 0 Å². The van der Waals surface area contributed by atoms with E-state index >= 15 is 0 Å². The molecule has 5 nitrogen and oxygen atoms in total. The van der Waals surface area contributed by atoms with E-state index < -0.39 is 5.60 Å². The molecule has 0 aromatic heterocycles. The average molecular weight is 257 g/mol. The van der Waals surface area contributed by atoms with Crippen LogP contribution in [0, 0.1) is 0 Å². The van der Waals surface area contributed by atoms with Gasteiger partial charge in [-0.2, -0.15) is 0 Å². The minimum Gasteiger partial charge on any atom is -0.389 e. The van der Waals surface area contributed by atoms with Crippen LogP contribution in [0.15, 0.2) is 0 Å². The number of hydrogen-bond acceptors (Lipinski definition) is 4. The van der Waals surface area contributed by atoms with E-state index in [1.807, 2.05) is 20.8 Å². The maximum Gasteiger partial charge on any atom is 0.238 e. The van der Waals surface area contributed by atoms with Crippen LogP contribution in [0.1, 0.15) is 33.6 Å². The fourth-order valence-corrected chi connectivity index (χ4v) is 2.34. The summed E-state index contributed by atoms with van der Waals surface area (Å²) < 4.78 is 0. The molecule has 0 aliphatic carbocycles. The SMILES string of the molecule is CCNC(=O)C1CNCCN1CC(O)(CC)CC. The van der Waals surface area contributed by atoms with Gasteiger partial charge in [0.2, 0.25) is 5.91 Å². The summed E-state index contributed by atoms with van der Waals surface area (Å²) in [6, 6.07) is -0.164. The first kappa shape index (κ1) is 15.4. The number of amides is 1. The second-order valence-corrected chi connectivity index (χ2v) is 5.02. The van der Waals surface area contributed by atoms with E-state index in [-0.39, 0.29) is 11.9 Å². The van der Waals surface area contributed by atoms with Crippen LogP contribution in [0.25, 0.3) is 0 Å². The molecule has 106 valence electrons. The predicted octanol–water partition coefficient (Wildman–Crippen LogP) is -0.0526. The maximum atomic E-state index is 12.0. The van der Waals surface area contributed by atoms with E-state index in [0.29, 0.717) is 19.6 Å². The van der Waals surface area contributed by atoms with Gasteiger partial charge in [-0.3, -0.25) is 9.69 Å². The first-order valence-electron chi connectivity index (χ1n) is 7.01. The molecule has 1 rings (SSSR count). The van der Waals surface area contributed by atoms with Gasteiger partial charge in [-0.25, -0.2) is 0 Å². The second-order valence-electron chi connectivity index (χ2n) is 5.02. The summed E-state index contributed by atoms with van der Waals surface area (Å²) in [7, 11) is 0. The van der Waals surface area contributed by atoms with Crippen molar-refractivity contribution in [1.82, 2.24) is 15.5 Å². The second kappa shape index (κ2) is 7.07. The monoisotopic (exact) mass is 257 g/mol. The Hall–Kier alpha value is -0.650. The third-order valence-corrected chi connectivity index (χ3v) is 3.82. The number of rotatable bonds is 6. The largest absolute Gasteiger partial charge is 0.389 e. The summed E-state index contributed by atoms with van der Waals surface area (Å²) in [6.45, 7) is 9.48. The molecule has 0 bridgehead atoms. The van der Waals surface area contributed by atoms with Gasteiger partial charge >= 0.3 is 0 Å². The summed E-state index contributed by atoms with van der Waals surface area (Å²) in [5, 5.41) is 16.5. The van der Waals surface area contributed by atoms with Crippen LogP contribution in [0.2, 0.25) is 0 Å². The van der Waals surface area contributed by atoms with Crippen molar-refractivity contribution in [2.24, 2.45) is 0 Å². The van der Waals surface area contributed by atoms with Crippen molar-refractivity contribution < 1.29 is 9.90 Å². The Labute approximate surface area is 110 Å². The zero-order valence-corrected chi connectivity index (χ0v) is 11.8. The Kier molecular flexibility index (Phi) is 6.05. The molecule has 1 aliphatic heterocycles. The molecule has 0 spiro atoms. The standard InChI is InChI=1S/C13H27N3O2/c1-4-13(18,5-2)10-16-8-7-14-9-11(16)12(17)15-6-3/h11,14,18H,4-10H2,1-3H3,(H,15,17). The average Bonchev–Trinajstić information content (AvgIpc) is 2.39. The zero-order chi connectivity index (χ0) is 13.6. The van der Waals surface area contributed by atoms with E-state index in [4.69, 9.17) is 0 Å². The third-order valence-electron chi connectivity index (χ3n) is 3.82. The molecule has 0 saturated carbocycles. The zero-order valence-electron chi connectivity index (χ0n) is 11.8. The third kappa shape index (κ3) is 3.93. The molecule has 0 aromatic rings. The van der Waals surface area contributed by atoms with E-state index in [1.165, 1.54) is 0 Å². The van der Waals surface area contributed by atoms with Crippen molar-refractivity contribution in [3.8, 4) is 0 Å². The normalized spacial score (nSPS) is 21.9. The highest BCUT2D eigenvalue weighted by molar-refractivity contribution is 5.82. The molecule has 1 fully saturated rings. The number of hydrogen-bond donors (Lipinski definition) is 3. The van der Waals surface area contributed by atoms with Crippen LogP contribution in [0.4, 0.5) is 0 Å². The lowest BCUT2D eigenvalue weighted by molar-refractivity contribution is -0.128. The van der Waals surface area contributed by atoms with Gasteiger partial charge in [-0.05, 0) is 19.8 Å². The van der Waals surface area contributed by atoms with Gasteiger partial charge in [0.15, 0.2) is 0 Å². The van der Waals surface area contributed by atoms with Crippen LogP contribution >= 0.6 is 0 Å². The highest BCUT2D eigenvalue weighted by Gasteiger charge is 2.34. The Morgan fingerprint density at radius 1 is 1.44 bits per heavy atom. The fraction of sp³-hybridized carbons (Fsp3) is 0.923. The van der Waals surface area contributed by atoms with Crippen molar-refractivity contribution in [3.63, 3.8) is 0 Å². The Balaban J connectivity index is 2.67. The number of carbonyl (C=O) groups is 1. The Morgan fingerprint density at radius 2 is 2.11 bits per heavy atom. The molecular weight excluding hydrogens is 230 g/mol. The van der Waals surface area contributed by atoms with E-state index in [0.717, 1.165) is 25.9 Å². The van der Waals surface area contributed by atoms with Gasteiger partial charge in [-0.1, -0.05) is 13.8 Å². The van der Waals surface area contributed by atoms with E-state index in [9.17, 15) is 9.90 Å². The molecular formula is C13H27N3O2. The highest BCUT2D eigenvalue weighted by Crippen LogP contribution is 2.18. The smallest absolute Gasteiger partial charge is 0.238 e. The Bertz CT molecular complexity index is 267. The van der Waals surface area contributed by atoms with Crippen LogP contribution in [-0.4, -0.2) is 60.3 Å². The number of nitrogens with one attached hydrogen (secondary N) is 2. The van der Waals surface area contributed by atoms with Crippen molar-refractivity contribution in [3.05, 3.63) is 0 Å². The van der Waals surface area contributed by atoms with Crippen LogP contribution in [-0.2, 0) is 4.79 Å². The number of likely N-dealkylation sites (N-methyl/N-ethyl adjacent to an activating group) is 1. The molecule has 3 N–H and O–H groups in total. The van der Waals surface area contributed by atoms with Crippen LogP contribution < -0.4 is 10.6 Å². The number of aliphatic hydroxyl groups is 1. The molecule has 1 amide bonds. The predicted molar refractivity (Wildman–Crippen MR) is 72.4 cm³/mol. The van der Waals surface area contributed by atoms with Crippen molar-refractivity contribution in [2.45, 2.75) is 45.3 Å². The molecule has 1 heterocycles. The molecule has 1 aliphatic rings. The van der Waals surface area contributed by atoms with Gasteiger partial charge in [0.05, 0.1) is 5.60 Å². The topological polar surface area (TPSA) is 64.6 Å². The summed E-state index contributed by atoms with van der Waals surface area (Å²) in [4.78, 5) is 14.1. The summed E-state index contributed by atoms with van der Waals surface area (Å²) in [5.74, 6) is 0.0549. The number of carbonyl (C=O) groups excluding carboxylic acids is 1. The minimum atomic E-state index is -0.678. The maximum absolute atomic E-state index is 12.0. The molecule has 1 atom stereocenters. The van der Waals surface area contributed by atoms with Gasteiger partial charge in [0, 0.05) is 32.7 Å². The minimum absolute atomic E-state index is 0.0549. The summed E-state index contributed by atoms with van der Waals surface area (Å²) in [6.07, 6.45) is 1.44. The molecule has 18 heavy (non-hydrogen) atoms. The summed E-state index contributed by atoms with van der Waals surface area (Å²) in [5.41, 5.74) is -0.678. The fourth-order valence-electron chi connectivity index (χ4n) is 2.34. The summed E-state index contributed by atoms with van der Waals surface area (Å²) >= 11 is 0. The molecule has 0 radical (unpaired) electrons. The lowest BCUT2D eigenvalue weighted by Gasteiger charge is -2.40. The number of nitrogens with zero attached hydrogens (tertiary/aromatic N) is 1. The van der Waals surface area contributed by atoms with E-state index in [2.05, 4.69) is 15.5 Å². The van der Waals surface area contributed by atoms with Crippen LogP contribution in [0.3, 0.4) is 0 Å². The van der Waals surface area contributed by atoms with Crippen molar-refractivity contribution in [2.75, 3.05) is 32.7 Å². The number of β-amino-alcohol motifs (C(OH)–C–C–N with tert-alkyl or cyclic N) is 1. The van der Waals surface area contributed by atoms with E-state index in [1.54, 1.807) is 0 Å². The molecule has 1 unspecified atom stereocenters. The van der Waals surface area contributed by atoms with Crippen molar-refractivity contribution in [1.29, 1.82) is 0 Å². The quantitative estimate of drug-likeness (QED) is 0.624. The van der Waals surface area contributed by atoms with Crippen molar-refractivity contribution >= 4 is 5.91 Å². The van der Waals surface area contributed by atoms with Crippen LogP contribution in [0.5, 0.6) is 0 Å². The number of piperazine rings is 1.